The normalized spacial score (nSPS) is 19.7. The second-order valence-electron chi connectivity index (χ2n) is 8.82. The lowest BCUT2D eigenvalue weighted by atomic mass is 9.99. The van der Waals surface area contributed by atoms with Gasteiger partial charge >= 0.3 is 0 Å². The van der Waals surface area contributed by atoms with Gasteiger partial charge in [0.05, 0.1) is 6.20 Å². The molecule has 5 rings (SSSR count). The molecular formula is C25H26ClN5O3. The van der Waals surface area contributed by atoms with Gasteiger partial charge in [0.25, 0.3) is 5.91 Å². The van der Waals surface area contributed by atoms with Crippen molar-refractivity contribution in [1.29, 1.82) is 0 Å². The van der Waals surface area contributed by atoms with Crippen molar-refractivity contribution in [3.63, 3.8) is 0 Å². The van der Waals surface area contributed by atoms with Gasteiger partial charge in [-0.1, -0.05) is 23.7 Å². The fraction of sp³-hybridized carbons (Fsp3) is 0.360. The topological polar surface area (TPSA) is 89.4 Å². The van der Waals surface area contributed by atoms with Crippen LogP contribution in [0.2, 0.25) is 5.02 Å². The Balaban J connectivity index is 1.35. The molecule has 0 radical (unpaired) electrons. The summed E-state index contributed by atoms with van der Waals surface area (Å²) in [6, 6.07) is 9.26. The quantitative estimate of drug-likeness (QED) is 0.583. The summed E-state index contributed by atoms with van der Waals surface area (Å²) in [5.74, 6) is 0.555. The fourth-order valence-electron chi connectivity index (χ4n) is 4.65. The number of carbonyl (C=O) groups is 2. The number of benzene rings is 1. The molecule has 34 heavy (non-hydrogen) atoms. The molecule has 0 aliphatic carbocycles. The van der Waals surface area contributed by atoms with Gasteiger partial charge in [-0.3, -0.25) is 19.3 Å². The van der Waals surface area contributed by atoms with Gasteiger partial charge in [0.2, 0.25) is 5.91 Å². The number of hydrogen-bond donors (Lipinski definition) is 1. The van der Waals surface area contributed by atoms with Crippen LogP contribution in [0.3, 0.4) is 0 Å². The molecule has 1 aromatic carbocycles. The minimum absolute atomic E-state index is 0.0325. The Morgan fingerprint density at radius 1 is 1.24 bits per heavy atom. The van der Waals surface area contributed by atoms with Crippen molar-refractivity contribution in [2.45, 2.75) is 44.4 Å². The number of piperidine rings is 1. The summed E-state index contributed by atoms with van der Waals surface area (Å²) in [4.78, 5) is 31.3. The molecule has 0 saturated carbocycles. The summed E-state index contributed by atoms with van der Waals surface area (Å²) < 4.78 is 8.17. The zero-order chi connectivity index (χ0) is 23.7. The van der Waals surface area contributed by atoms with Crippen molar-refractivity contribution in [1.82, 2.24) is 25.0 Å². The molecule has 4 heterocycles. The lowest BCUT2D eigenvalue weighted by molar-refractivity contribution is -0.130. The first-order valence-corrected chi connectivity index (χ1v) is 11.8. The van der Waals surface area contributed by atoms with Crippen molar-refractivity contribution in [2.75, 3.05) is 6.54 Å². The predicted octanol–water partition coefficient (Wildman–Crippen LogP) is 3.60. The number of aryl methyl sites for hydroxylation is 1. The summed E-state index contributed by atoms with van der Waals surface area (Å²) in [7, 11) is 1.85. The minimum Gasteiger partial charge on any atom is -0.489 e. The number of halogens is 1. The van der Waals surface area contributed by atoms with E-state index in [2.05, 4.69) is 15.4 Å². The first-order chi connectivity index (χ1) is 16.5. The third kappa shape index (κ3) is 4.77. The molecule has 9 heteroatoms. The number of nitrogens with zero attached hydrogens (tertiary/aromatic N) is 4. The molecule has 2 aliphatic heterocycles. The van der Waals surface area contributed by atoms with Crippen molar-refractivity contribution in [3.05, 3.63) is 65.2 Å². The van der Waals surface area contributed by atoms with Crippen LogP contribution >= 0.6 is 11.6 Å². The highest BCUT2D eigenvalue weighted by molar-refractivity contribution is 6.30. The number of ether oxygens (including phenoxy) is 1. The predicted molar refractivity (Wildman–Crippen MR) is 127 cm³/mol. The maximum atomic E-state index is 12.9. The number of carbonyl (C=O) groups excluding carboxylic acids is 2. The number of hydrogen-bond acceptors (Lipinski definition) is 5. The van der Waals surface area contributed by atoms with Crippen molar-refractivity contribution < 1.29 is 14.3 Å². The minimum atomic E-state index is -0.284. The van der Waals surface area contributed by atoms with E-state index in [1.807, 2.05) is 30.3 Å². The third-order valence-electron chi connectivity index (χ3n) is 6.45. The molecule has 2 saturated heterocycles. The number of fused-ring (bicyclic) bond motifs is 1. The third-order valence-corrected chi connectivity index (χ3v) is 6.71. The lowest BCUT2D eigenvalue weighted by Crippen LogP contribution is -2.44. The van der Waals surface area contributed by atoms with Crippen LogP contribution in [0.1, 0.15) is 41.7 Å². The average molecular weight is 480 g/mol. The van der Waals surface area contributed by atoms with Gasteiger partial charge in [-0.25, -0.2) is 0 Å². The van der Waals surface area contributed by atoms with Gasteiger partial charge in [0.15, 0.2) is 0 Å². The van der Waals surface area contributed by atoms with Crippen LogP contribution in [0.4, 0.5) is 0 Å². The second kappa shape index (κ2) is 9.46. The maximum absolute atomic E-state index is 12.9. The van der Waals surface area contributed by atoms with E-state index in [9.17, 15) is 9.59 Å². The summed E-state index contributed by atoms with van der Waals surface area (Å²) in [5, 5.41) is 7.81. The Morgan fingerprint density at radius 2 is 2.06 bits per heavy atom. The van der Waals surface area contributed by atoms with Crippen LogP contribution in [0.15, 0.2) is 48.9 Å². The Kier molecular flexibility index (Phi) is 6.24. The second-order valence-corrected chi connectivity index (χ2v) is 9.26. The van der Waals surface area contributed by atoms with E-state index in [0.29, 0.717) is 30.3 Å². The van der Waals surface area contributed by atoms with Crippen LogP contribution in [-0.4, -0.2) is 50.2 Å². The molecule has 0 bridgehead atoms. The molecule has 0 unspecified atom stereocenters. The standard InChI is InChI=1S/C25H26ClN5O3/c1-30-15-17(13-29-30)21-14-27-22(25(33)28-12-16-2-4-18(26)5-3-16)11-23(21)34-20-8-9-31-19(10-20)6-7-24(31)32/h2-5,11,13-15,19-20H,6-10,12H2,1H3,(H,28,33)/t19-,20-/m0/s1. The van der Waals surface area contributed by atoms with Gasteiger partial charge in [0.1, 0.15) is 17.5 Å². The van der Waals surface area contributed by atoms with E-state index in [4.69, 9.17) is 16.3 Å². The van der Waals surface area contributed by atoms with E-state index < -0.39 is 0 Å². The number of rotatable bonds is 6. The van der Waals surface area contributed by atoms with Crippen LogP contribution in [0, 0.1) is 0 Å². The number of pyridine rings is 1. The van der Waals surface area contributed by atoms with Crippen LogP contribution < -0.4 is 10.1 Å². The Bertz CT molecular complexity index is 1210. The SMILES string of the molecule is Cn1cc(-c2cnc(C(=O)NCc3ccc(Cl)cc3)cc2O[C@H]2CCN3C(=O)CC[C@H]3C2)cn1. The van der Waals surface area contributed by atoms with Crippen LogP contribution in [0.5, 0.6) is 5.75 Å². The van der Waals surface area contributed by atoms with Gasteiger partial charge < -0.3 is 15.0 Å². The molecule has 8 nitrogen and oxygen atoms in total. The van der Waals surface area contributed by atoms with Gasteiger partial charge in [-0.05, 0) is 24.1 Å². The van der Waals surface area contributed by atoms with Crippen molar-refractivity contribution in [3.8, 4) is 16.9 Å². The molecular weight excluding hydrogens is 454 g/mol. The molecule has 2 aliphatic rings. The summed E-state index contributed by atoms with van der Waals surface area (Å²) >= 11 is 5.93. The largest absolute Gasteiger partial charge is 0.489 e. The highest BCUT2D eigenvalue weighted by atomic mass is 35.5. The van der Waals surface area contributed by atoms with Crippen LogP contribution in [0.25, 0.3) is 11.1 Å². The van der Waals surface area contributed by atoms with Crippen molar-refractivity contribution in [2.24, 2.45) is 7.05 Å². The van der Waals surface area contributed by atoms with E-state index in [1.165, 1.54) is 0 Å². The number of aromatic nitrogens is 3. The zero-order valence-electron chi connectivity index (χ0n) is 18.9. The van der Waals surface area contributed by atoms with Crippen LogP contribution in [-0.2, 0) is 18.4 Å². The average Bonchev–Trinajstić information content (AvgIpc) is 3.43. The van der Waals surface area contributed by atoms with E-state index in [0.717, 1.165) is 36.0 Å². The highest BCUT2D eigenvalue weighted by Gasteiger charge is 2.37. The molecule has 2 aromatic heterocycles. The van der Waals surface area contributed by atoms with Crippen molar-refractivity contribution >= 4 is 23.4 Å². The first kappa shape index (κ1) is 22.4. The Labute approximate surface area is 202 Å². The molecule has 0 spiro atoms. The zero-order valence-corrected chi connectivity index (χ0v) is 19.7. The molecule has 3 aromatic rings. The molecule has 2 amide bonds. The maximum Gasteiger partial charge on any atom is 0.270 e. The molecule has 1 N–H and O–H groups in total. The highest BCUT2D eigenvalue weighted by Crippen LogP contribution is 2.34. The molecule has 176 valence electrons. The smallest absolute Gasteiger partial charge is 0.270 e. The van der Waals surface area contributed by atoms with E-state index in [-0.39, 0.29) is 29.7 Å². The first-order valence-electron chi connectivity index (χ1n) is 11.4. The number of amides is 2. The summed E-state index contributed by atoms with van der Waals surface area (Å²) in [5.41, 5.74) is 2.88. The monoisotopic (exact) mass is 479 g/mol. The molecule has 2 atom stereocenters. The van der Waals surface area contributed by atoms with Gasteiger partial charge in [-0.2, -0.15) is 5.10 Å². The van der Waals surface area contributed by atoms with Gasteiger partial charge in [0, 0.05) is 80.1 Å². The van der Waals surface area contributed by atoms with E-state index >= 15 is 0 Å². The van der Waals surface area contributed by atoms with E-state index in [1.54, 1.807) is 35.3 Å². The Hall–Kier alpha value is -3.39. The molecule has 2 fully saturated rings. The lowest BCUT2D eigenvalue weighted by Gasteiger charge is -2.35. The number of nitrogens with one attached hydrogen (secondary N) is 1. The summed E-state index contributed by atoms with van der Waals surface area (Å²) in [6.45, 7) is 1.07. The summed E-state index contributed by atoms with van der Waals surface area (Å²) in [6.07, 6.45) is 8.32. The Morgan fingerprint density at radius 3 is 2.82 bits per heavy atom. The fourth-order valence-corrected chi connectivity index (χ4v) is 4.77. The van der Waals surface area contributed by atoms with Gasteiger partial charge in [-0.15, -0.1) is 0 Å².